The topological polar surface area (TPSA) is 59.1 Å². The van der Waals surface area contributed by atoms with Crippen LogP contribution >= 0.6 is 0 Å². The molecule has 0 unspecified atom stereocenters. The number of fused-ring (bicyclic) bond motifs is 2. The summed E-state index contributed by atoms with van der Waals surface area (Å²) in [4.78, 5) is 28.7. The molecule has 0 radical (unpaired) electrons. The minimum atomic E-state index is -0.0204. The van der Waals surface area contributed by atoms with E-state index in [1.807, 2.05) is 30.1 Å². The predicted molar refractivity (Wildman–Crippen MR) is 87.0 cm³/mol. The number of rotatable bonds is 2. The molecule has 3 heterocycles. The van der Waals surface area contributed by atoms with E-state index in [0.29, 0.717) is 31.9 Å². The summed E-state index contributed by atoms with van der Waals surface area (Å²) in [5.74, 6) is 1.69. The Bertz CT molecular complexity index is 675. The largest absolute Gasteiger partial charge is 0.486 e. The highest BCUT2D eigenvalue weighted by atomic mass is 16.6. The molecule has 0 aromatic heterocycles. The molecule has 2 amide bonds. The molecular weight excluding hydrogens is 308 g/mol. The minimum Gasteiger partial charge on any atom is -0.486 e. The van der Waals surface area contributed by atoms with Crippen LogP contribution in [0.15, 0.2) is 18.2 Å². The van der Waals surface area contributed by atoms with Gasteiger partial charge in [-0.25, -0.2) is 0 Å². The van der Waals surface area contributed by atoms with E-state index < -0.39 is 0 Å². The van der Waals surface area contributed by atoms with Crippen molar-refractivity contribution < 1.29 is 19.1 Å². The predicted octanol–water partition coefficient (Wildman–Crippen LogP) is 1.08. The van der Waals surface area contributed by atoms with Crippen molar-refractivity contribution in [3.8, 4) is 11.5 Å². The Kier molecular flexibility index (Phi) is 3.82. The first-order valence-corrected chi connectivity index (χ1v) is 8.56. The summed E-state index contributed by atoms with van der Waals surface area (Å²) < 4.78 is 11.1. The fourth-order valence-electron chi connectivity index (χ4n) is 4.01. The molecule has 6 heteroatoms. The quantitative estimate of drug-likeness (QED) is 0.814. The summed E-state index contributed by atoms with van der Waals surface area (Å²) in [7, 11) is 1.82. The van der Waals surface area contributed by atoms with Crippen molar-refractivity contribution in [2.45, 2.75) is 25.3 Å². The van der Waals surface area contributed by atoms with Crippen LogP contribution in [0.5, 0.6) is 11.5 Å². The smallest absolute Gasteiger partial charge is 0.227 e. The van der Waals surface area contributed by atoms with E-state index in [-0.39, 0.29) is 23.8 Å². The van der Waals surface area contributed by atoms with E-state index in [1.165, 1.54) is 0 Å². The number of amides is 2. The number of likely N-dealkylation sites (N-methyl/N-ethyl adjacent to an activating group) is 1. The summed E-state index contributed by atoms with van der Waals surface area (Å²) in [5.41, 5.74) is 0.920. The van der Waals surface area contributed by atoms with E-state index >= 15 is 0 Å². The molecule has 0 saturated carbocycles. The first-order chi connectivity index (χ1) is 11.6. The fraction of sp³-hybridized carbons (Fsp3) is 0.556. The average Bonchev–Trinajstić information content (AvgIpc) is 2.89. The number of hydrogen-bond acceptors (Lipinski definition) is 4. The van der Waals surface area contributed by atoms with Gasteiger partial charge in [-0.1, -0.05) is 6.07 Å². The molecule has 24 heavy (non-hydrogen) atoms. The van der Waals surface area contributed by atoms with E-state index in [4.69, 9.17) is 9.47 Å². The Balaban J connectivity index is 1.49. The second kappa shape index (κ2) is 6.00. The monoisotopic (exact) mass is 330 g/mol. The van der Waals surface area contributed by atoms with Gasteiger partial charge >= 0.3 is 0 Å². The van der Waals surface area contributed by atoms with Gasteiger partial charge in [0.15, 0.2) is 11.5 Å². The molecule has 2 atom stereocenters. The minimum absolute atomic E-state index is 0.0204. The average molecular weight is 330 g/mol. The third-order valence-electron chi connectivity index (χ3n) is 5.22. The highest BCUT2D eigenvalue weighted by Gasteiger charge is 2.45. The van der Waals surface area contributed by atoms with Gasteiger partial charge in [-0.2, -0.15) is 0 Å². The Morgan fingerprint density at radius 3 is 2.88 bits per heavy atom. The van der Waals surface area contributed by atoms with Crippen molar-refractivity contribution in [3.05, 3.63) is 23.8 Å². The zero-order chi connectivity index (χ0) is 16.7. The van der Waals surface area contributed by atoms with Gasteiger partial charge in [-0.05, 0) is 30.5 Å². The number of nitrogens with zero attached hydrogens (tertiary/aromatic N) is 2. The number of hydrogen-bond donors (Lipinski definition) is 0. The highest BCUT2D eigenvalue weighted by Crippen LogP contribution is 2.33. The Morgan fingerprint density at radius 2 is 2.04 bits per heavy atom. The molecular formula is C18H22N2O4. The molecule has 1 aromatic rings. The van der Waals surface area contributed by atoms with Crippen molar-refractivity contribution in [3.63, 3.8) is 0 Å². The van der Waals surface area contributed by atoms with Crippen LogP contribution in [0.4, 0.5) is 0 Å². The number of carbonyl (C=O) groups excluding carboxylic acids is 2. The summed E-state index contributed by atoms with van der Waals surface area (Å²) >= 11 is 0. The van der Waals surface area contributed by atoms with Crippen LogP contribution in [0.3, 0.4) is 0 Å². The van der Waals surface area contributed by atoms with Gasteiger partial charge in [0.05, 0.1) is 18.4 Å². The number of ether oxygens (including phenoxy) is 2. The standard InChI is InChI=1S/C18H22N2O4/c1-19-11-14-13(18(19)22)3-2-6-20(14)17(21)10-12-4-5-15-16(9-12)24-8-7-23-15/h4-5,9,13-14H,2-3,6-8,10-11H2,1H3/t13-,14-/m1/s1. The third-order valence-corrected chi connectivity index (χ3v) is 5.22. The molecule has 2 saturated heterocycles. The van der Waals surface area contributed by atoms with Crippen molar-refractivity contribution >= 4 is 11.8 Å². The van der Waals surface area contributed by atoms with Crippen LogP contribution in [-0.2, 0) is 16.0 Å². The lowest BCUT2D eigenvalue weighted by molar-refractivity contribution is -0.136. The molecule has 6 nitrogen and oxygen atoms in total. The van der Waals surface area contributed by atoms with Gasteiger partial charge in [0, 0.05) is 20.1 Å². The summed E-state index contributed by atoms with van der Waals surface area (Å²) in [6.07, 6.45) is 2.12. The van der Waals surface area contributed by atoms with Crippen LogP contribution in [0.25, 0.3) is 0 Å². The summed E-state index contributed by atoms with van der Waals surface area (Å²) in [6, 6.07) is 5.70. The molecule has 3 aliphatic heterocycles. The molecule has 0 bridgehead atoms. The lowest BCUT2D eigenvalue weighted by Gasteiger charge is -2.36. The molecule has 2 fully saturated rings. The van der Waals surface area contributed by atoms with Crippen LogP contribution in [0.1, 0.15) is 18.4 Å². The van der Waals surface area contributed by atoms with Gasteiger partial charge < -0.3 is 19.3 Å². The van der Waals surface area contributed by atoms with E-state index in [0.717, 1.165) is 30.7 Å². The Labute approximate surface area is 141 Å². The maximum absolute atomic E-state index is 12.8. The molecule has 0 N–H and O–H groups in total. The Morgan fingerprint density at radius 1 is 1.25 bits per heavy atom. The fourth-order valence-corrected chi connectivity index (χ4v) is 4.01. The third kappa shape index (κ3) is 2.60. The molecule has 0 spiro atoms. The van der Waals surface area contributed by atoms with Crippen LogP contribution in [0, 0.1) is 5.92 Å². The zero-order valence-electron chi connectivity index (χ0n) is 13.9. The first kappa shape index (κ1) is 15.3. The van der Waals surface area contributed by atoms with Gasteiger partial charge in [0.25, 0.3) is 0 Å². The van der Waals surface area contributed by atoms with Gasteiger partial charge in [-0.15, -0.1) is 0 Å². The lowest BCUT2D eigenvalue weighted by atomic mass is 9.91. The van der Waals surface area contributed by atoms with Gasteiger partial charge in [-0.3, -0.25) is 9.59 Å². The number of likely N-dealkylation sites (tertiary alicyclic amines) is 2. The van der Waals surface area contributed by atoms with Gasteiger partial charge in [0.2, 0.25) is 11.8 Å². The van der Waals surface area contributed by atoms with Crippen molar-refractivity contribution in [2.24, 2.45) is 5.92 Å². The summed E-state index contributed by atoms with van der Waals surface area (Å²) in [6.45, 7) is 2.49. The molecule has 1 aromatic carbocycles. The Hall–Kier alpha value is -2.24. The second-order valence-electron chi connectivity index (χ2n) is 6.78. The van der Waals surface area contributed by atoms with Crippen LogP contribution in [-0.4, -0.2) is 61.0 Å². The first-order valence-electron chi connectivity index (χ1n) is 8.56. The highest BCUT2D eigenvalue weighted by molar-refractivity contribution is 5.85. The van der Waals surface area contributed by atoms with Crippen LogP contribution in [0.2, 0.25) is 0 Å². The molecule has 3 aliphatic rings. The zero-order valence-corrected chi connectivity index (χ0v) is 13.9. The maximum Gasteiger partial charge on any atom is 0.227 e. The van der Waals surface area contributed by atoms with Crippen LogP contribution < -0.4 is 9.47 Å². The molecule has 128 valence electrons. The lowest BCUT2D eigenvalue weighted by Crippen LogP contribution is -2.49. The van der Waals surface area contributed by atoms with E-state index in [9.17, 15) is 9.59 Å². The number of carbonyl (C=O) groups is 2. The maximum atomic E-state index is 12.8. The van der Waals surface area contributed by atoms with E-state index in [2.05, 4.69) is 0 Å². The van der Waals surface area contributed by atoms with E-state index in [1.54, 1.807) is 4.90 Å². The number of piperidine rings is 1. The van der Waals surface area contributed by atoms with Crippen molar-refractivity contribution in [2.75, 3.05) is 33.4 Å². The molecule has 4 rings (SSSR count). The van der Waals surface area contributed by atoms with Gasteiger partial charge in [0.1, 0.15) is 13.2 Å². The SMILES string of the molecule is CN1C[C@@H]2[C@@H](CCCN2C(=O)Cc2ccc3c(c2)OCCO3)C1=O. The van der Waals surface area contributed by atoms with Crippen molar-refractivity contribution in [1.82, 2.24) is 9.80 Å². The van der Waals surface area contributed by atoms with Crippen molar-refractivity contribution in [1.29, 1.82) is 0 Å². The second-order valence-corrected chi connectivity index (χ2v) is 6.78. The normalized spacial score (nSPS) is 25.6. The number of benzene rings is 1. The summed E-state index contributed by atoms with van der Waals surface area (Å²) in [5, 5.41) is 0. The molecule has 0 aliphatic carbocycles.